The molecule has 0 bridgehead atoms. The molecule has 2 aromatic heterocycles. The highest BCUT2D eigenvalue weighted by Gasteiger charge is 1.99. The van der Waals surface area contributed by atoms with E-state index in [1.165, 1.54) is 0 Å². The predicted octanol–water partition coefficient (Wildman–Crippen LogP) is 0.269. The lowest BCUT2D eigenvalue weighted by Gasteiger charge is -1.98. The Labute approximate surface area is 90.5 Å². The van der Waals surface area contributed by atoms with Gasteiger partial charge >= 0.3 is 5.97 Å². The monoisotopic (exact) mass is 222 g/mol. The van der Waals surface area contributed by atoms with Crippen molar-refractivity contribution < 1.29 is 14.7 Å². The average molecular weight is 222 g/mol. The first-order chi connectivity index (χ1) is 7.69. The van der Waals surface area contributed by atoms with E-state index in [1.54, 1.807) is 18.6 Å². The largest absolute Gasteiger partial charge is 0.476 e. The van der Waals surface area contributed by atoms with Crippen LogP contribution in [-0.4, -0.2) is 39.6 Å². The first kappa shape index (κ1) is 11.6. The third-order valence-electron chi connectivity index (χ3n) is 1.73. The van der Waals surface area contributed by atoms with Gasteiger partial charge in [0, 0.05) is 18.6 Å². The molecule has 0 saturated carbocycles. The molecule has 0 saturated heterocycles. The van der Waals surface area contributed by atoms with Crippen LogP contribution in [0.4, 0.5) is 5.69 Å². The van der Waals surface area contributed by atoms with Crippen LogP contribution in [0, 0.1) is 0 Å². The van der Waals surface area contributed by atoms with Crippen molar-refractivity contribution in [3.8, 4) is 0 Å². The summed E-state index contributed by atoms with van der Waals surface area (Å²) in [6, 6.07) is 0. The van der Waals surface area contributed by atoms with Gasteiger partial charge in [-0.05, 0) is 0 Å². The van der Waals surface area contributed by atoms with E-state index < -0.39 is 5.97 Å². The molecule has 0 atom stereocenters. The Balaban J connectivity index is 0.000000221. The summed E-state index contributed by atoms with van der Waals surface area (Å²) >= 11 is 0. The first-order valence-electron chi connectivity index (χ1n) is 4.32. The maximum absolute atomic E-state index is 9.00. The molecule has 0 radical (unpaired) electrons. The van der Waals surface area contributed by atoms with E-state index in [0.717, 1.165) is 16.6 Å². The summed E-state index contributed by atoms with van der Waals surface area (Å²) < 4.78 is 0. The highest BCUT2D eigenvalue weighted by atomic mass is 16.4. The number of anilines is 1. The average Bonchev–Trinajstić information content (AvgIpc) is 2.77. The summed E-state index contributed by atoms with van der Waals surface area (Å²) in [6.07, 6.45) is 5.13. The van der Waals surface area contributed by atoms with Crippen LogP contribution in [0.3, 0.4) is 0 Å². The lowest BCUT2D eigenvalue weighted by Crippen LogP contribution is -1.91. The molecule has 0 aliphatic carbocycles. The number of aliphatic carboxylic acids is 1. The summed E-state index contributed by atoms with van der Waals surface area (Å²) in [7, 11) is 1.86. The van der Waals surface area contributed by atoms with Crippen LogP contribution < -0.4 is 5.32 Å². The quantitative estimate of drug-likeness (QED) is 0.497. The van der Waals surface area contributed by atoms with Crippen molar-refractivity contribution >= 4 is 28.8 Å². The highest BCUT2D eigenvalue weighted by molar-refractivity contribution is 6.19. The fraction of sp³-hybridized carbons (Fsp3) is 0.111. The molecule has 84 valence electrons. The standard InChI is InChI=1S/C7H8N4.C2H2O3/c1-8-6-4-9-2-5-3-10-11-7(5)6;3-1-2(4)5/h2-4,8H,1H3,(H,10,11);1H,(H,4,5). The number of nitrogens with zero attached hydrogens (tertiary/aromatic N) is 2. The molecule has 0 fully saturated rings. The number of carbonyl (C=O) groups is 2. The van der Waals surface area contributed by atoms with Gasteiger partial charge < -0.3 is 10.4 Å². The van der Waals surface area contributed by atoms with Gasteiger partial charge in [-0.2, -0.15) is 5.10 Å². The molecule has 0 aromatic carbocycles. The van der Waals surface area contributed by atoms with Crippen LogP contribution in [0.2, 0.25) is 0 Å². The van der Waals surface area contributed by atoms with Crippen molar-refractivity contribution in [1.29, 1.82) is 0 Å². The number of fused-ring (bicyclic) bond motifs is 1. The number of aldehydes is 1. The van der Waals surface area contributed by atoms with E-state index in [-0.39, 0.29) is 6.29 Å². The molecular weight excluding hydrogens is 212 g/mol. The lowest BCUT2D eigenvalue weighted by atomic mass is 10.3. The van der Waals surface area contributed by atoms with Gasteiger partial charge in [0.05, 0.1) is 23.6 Å². The van der Waals surface area contributed by atoms with E-state index in [4.69, 9.17) is 14.7 Å². The molecule has 7 heteroatoms. The summed E-state index contributed by atoms with van der Waals surface area (Å²) in [4.78, 5) is 21.9. The minimum Gasteiger partial charge on any atom is -0.476 e. The van der Waals surface area contributed by atoms with E-state index in [0.29, 0.717) is 0 Å². The van der Waals surface area contributed by atoms with Gasteiger partial charge in [-0.1, -0.05) is 0 Å². The van der Waals surface area contributed by atoms with Gasteiger partial charge in [0.15, 0.2) is 0 Å². The van der Waals surface area contributed by atoms with Crippen LogP contribution >= 0.6 is 0 Å². The molecule has 2 heterocycles. The molecule has 2 rings (SSSR count). The number of pyridine rings is 1. The number of aromatic nitrogens is 3. The first-order valence-corrected chi connectivity index (χ1v) is 4.32. The van der Waals surface area contributed by atoms with Crippen molar-refractivity contribution in [2.75, 3.05) is 12.4 Å². The molecule has 2 aromatic rings. The topological polar surface area (TPSA) is 108 Å². The van der Waals surface area contributed by atoms with Gasteiger partial charge in [-0.3, -0.25) is 14.9 Å². The molecular formula is C9H10N4O3. The van der Waals surface area contributed by atoms with Crippen molar-refractivity contribution in [3.05, 3.63) is 18.6 Å². The molecule has 0 aliphatic heterocycles. The van der Waals surface area contributed by atoms with Crippen LogP contribution in [-0.2, 0) is 9.59 Å². The Morgan fingerprint density at radius 2 is 2.19 bits per heavy atom. The summed E-state index contributed by atoms with van der Waals surface area (Å²) in [5, 5.41) is 18.2. The summed E-state index contributed by atoms with van der Waals surface area (Å²) in [5.74, 6) is -1.43. The molecule has 0 aliphatic rings. The second-order valence-corrected chi connectivity index (χ2v) is 2.73. The number of hydrogen-bond acceptors (Lipinski definition) is 5. The zero-order chi connectivity index (χ0) is 12.0. The Kier molecular flexibility index (Phi) is 3.96. The number of carboxylic acid groups (broad SMARTS) is 1. The molecule has 16 heavy (non-hydrogen) atoms. The fourth-order valence-corrected chi connectivity index (χ4v) is 1.06. The van der Waals surface area contributed by atoms with Crippen molar-refractivity contribution in [2.24, 2.45) is 0 Å². The van der Waals surface area contributed by atoms with Crippen LogP contribution in [0.5, 0.6) is 0 Å². The van der Waals surface area contributed by atoms with E-state index >= 15 is 0 Å². The Morgan fingerprint density at radius 1 is 1.50 bits per heavy atom. The zero-order valence-corrected chi connectivity index (χ0v) is 8.47. The van der Waals surface area contributed by atoms with Gasteiger partial charge in [-0.25, -0.2) is 4.79 Å². The number of carboxylic acids is 1. The zero-order valence-electron chi connectivity index (χ0n) is 8.47. The second-order valence-electron chi connectivity index (χ2n) is 2.73. The van der Waals surface area contributed by atoms with Crippen molar-refractivity contribution in [1.82, 2.24) is 15.2 Å². The summed E-state index contributed by atoms with van der Waals surface area (Å²) in [6.45, 7) is 0. The summed E-state index contributed by atoms with van der Waals surface area (Å²) in [5.41, 5.74) is 1.97. The molecule has 7 nitrogen and oxygen atoms in total. The maximum Gasteiger partial charge on any atom is 0.368 e. The van der Waals surface area contributed by atoms with Gasteiger partial charge in [0.2, 0.25) is 6.29 Å². The van der Waals surface area contributed by atoms with E-state index in [9.17, 15) is 0 Å². The molecule has 0 spiro atoms. The Morgan fingerprint density at radius 3 is 2.75 bits per heavy atom. The van der Waals surface area contributed by atoms with Gasteiger partial charge in [-0.15, -0.1) is 0 Å². The van der Waals surface area contributed by atoms with E-state index in [1.807, 2.05) is 7.05 Å². The van der Waals surface area contributed by atoms with Gasteiger partial charge in [0.1, 0.15) is 0 Å². The fourth-order valence-electron chi connectivity index (χ4n) is 1.06. The molecule has 0 amide bonds. The minimum atomic E-state index is -1.43. The maximum atomic E-state index is 9.00. The van der Waals surface area contributed by atoms with Crippen LogP contribution in [0.15, 0.2) is 18.6 Å². The smallest absolute Gasteiger partial charge is 0.368 e. The number of rotatable bonds is 2. The third-order valence-corrected chi connectivity index (χ3v) is 1.73. The Hall–Kier alpha value is -2.44. The Bertz CT molecular complexity index is 494. The lowest BCUT2D eigenvalue weighted by molar-refractivity contribution is -0.143. The minimum absolute atomic E-state index is 0.167. The number of aromatic amines is 1. The van der Waals surface area contributed by atoms with E-state index in [2.05, 4.69) is 20.5 Å². The van der Waals surface area contributed by atoms with Gasteiger partial charge in [0.25, 0.3) is 0 Å². The second kappa shape index (κ2) is 5.44. The predicted molar refractivity (Wildman–Crippen MR) is 57.1 cm³/mol. The van der Waals surface area contributed by atoms with Crippen molar-refractivity contribution in [3.63, 3.8) is 0 Å². The number of H-pyrrole nitrogens is 1. The molecule has 0 unspecified atom stereocenters. The number of carbonyl (C=O) groups excluding carboxylic acids is 1. The van der Waals surface area contributed by atoms with Crippen molar-refractivity contribution in [2.45, 2.75) is 0 Å². The SMILES string of the molecule is CNc1cncc2cn[nH]c12.O=CC(=O)O. The van der Waals surface area contributed by atoms with Crippen LogP contribution in [0.1, 0.15) is 0 Å². The van der Waals surface area contributed by atoms with Crippen LogP contribution in [0.25, 0.3) is 10.9 Å². The number of nitrogens with one attached hydrogen (secondary N) is 2. The third kappa shape index (κ3) is 2.77. The highest BCUT2D eigenvalue weighted by Crippen LogP contribution is 2.17. The molecule has 3 N–H and O–H groups in total. The normalized spacial score (nSPS) is 9.06. The number of hydrogen-bond donors (Lipinski definition) is 3.